The molecule has 2 aromatic carbocycles. The monoisotopic (exact) mass is 616 g/mol. The second kappa shape index (κ2) is 10.7. The van der Waals surface area contributed by atoms with Gasteiger partial charge < -0.3 is 25.8 Å². The summed E-state index contributed by atoms with van der Waals surface area (Å²) in [6, 6.07) is 5.77. The van der Waals surface area contributed by atoms with Crippen LogP contribution in [0.5, 0.6) is 0 Å². The van der Waals surface area contributed by atoms with Gasteiger partial charge in [0, 0.05) is 5.56 Å². The first-order chi connectivity index (χ1) is 20.4. The van der Waals surface area contributed by atoms with Crippen LogP contribution >= 0.6 is 11.3 Å². The summed E-state index contributed by atoms with van der Waals surface area (Å²) < 4.78 is 50.9. The minimum Gasteiger partial charge on any atom is -0.394 e. The van der Waals surface area contributed by atoms with Crippen LogP contribution in [0.25, 0.3) is 27.2 Å². The molecule has 1 aliphatic heterocycles. The Morgan fingerprint density at radius 1 is 1.05 bits per heavy atom. The van der Waals surface area contributed by atoms with E-state index in [0.717, 1.165) is 32.0 Å². The summed E-state index contributed by atoms with van der Waals surface area (Å²) in [4.78, 5) is 4.50. The van der Waals surface area contributed by atoms with Crippen molar-refractivity contribution in [1.29, 1.82) is 0 Å². The van der Waals surface area contributed by atoms with Gasteiger partial charge in [-0.15, -0.1) is 26.6 Å². The number of aryl methyl sites for hydroxylation is 1. The van der Waals surface area contributed by atoms with Gasteiger partial charge in [0.15, 0.2) is 29.1 Å². The molecule has 0 amide bonds. The molecule has 0 unspecified atom stereocenters. The molecule has 5 aromatic rings. The van der Waals surface area contributed by atoms with E-state index in [9.17, 15) is 28.5 Å². The highest BCUT2D eigenvalue weighted by molar-refractivity contribution is 7.18. The van der Waals surface area contributed by atoms with Crippen molar-refractivity contribution in [1.82, 2.24) is 34.7 Å². The molecule has 5 atom stereocenters. The highest BCUT2D eigenvalue weighted by Gasteiger charge is 2.49. The summed E-state index contributed by atoms with van der Waals surface area (Å²) in [5.74, 6) is -3.97. The van der Waals surface area contributed by atoms with Crippen molar-refractivity contribution < 1.29 is 33.2 Å². The van der Waals surface area contributed by atoms with Crippen LogP contribution in [-0.4, -0.2) is 75.0 Å². The Morgan fingerprint density at radius 2 is 1.77 bits per heavy atom. The molecule has 0 saturated carbocycles. The number of halogens is 3. The number of benzene rings is 2. The number of hydrogen-bond donors (Lipinski definition) is 4. The van der Waals surface area contributed by atoms with E-state index in [1.807, 2.05) is 19.1 Å². The van der Waals surface area contributed by atoms with Gasteiger partial charge in [-0.05, 0) is 51.1 Å². The Balaban J connectivity index is 1.44. The molecule has 1 saturated heterocycles. The minimum absolute atomic E-state index is 0.0516. The minimum atomic E-state index is -1.63. The molecule has 6 rings (SSSR count). The molecule has 12 nitrogen and oxygen atoms in total. The third kappa shape index (κ3) is 5.09. The van der Waals surface area contributed by atoms with Crippen molar-refractivity contribution in [2.24, 2.45) is 5.73 Å². The first kappa shape index (κ1) is 29.3. The summed E-state index contributed by atoms with van der Waals surface area (Å²) in [5, 5.41) is 50.2. The molecule has 0 radical (unpaired) electrons. The fraction of sp³-hybridized carbons (Fsp3) is 0.370. The van der Waals surface area contributed by atoms with Crippen LogP contribution in [0.1, 0.15) is 42.6 Å². The molecular weight excluding hydrogens is 589 g/mol. The zero-order valence-electron chi connectivity index (χ0n) is 23.1. The standard InChI is InChI=1S/C27H27F3N8O4S/c1-11-32-16-5-4-13(8-19(16)43-11)38-25(34-35-26(38)27(2,3)31)24-23(41)21(22(40)18(10-39)42-24)37-9-17(33-36-37)12-6-14(28)20(30)15(29)7-12/h4-9,18,21-24,39-41H,10,31H2,1-3H3/t18-,21+,22+,23-,24-/m1/s1. The summed E-state index contributed by atoms with van der Waals surface area (Å²) in [7, 11) is 0. The molecular formula is C27H27F3N8O4S. The predicted octanol–water partition coefficient (Wildman–Crippen LogP) is 2.45. The number of fused-ring (bicyclic) bond motifs is 1. The maximum atomic E-state index is 13.9. The molecule has 16 heteroatoms. The molecule has 43 heavy (non-hydrogen) atoms. The second-order valence-corrected chi connectivity index (χ2v) is 12.1. The number of hydrogen-bond acceptors (Lipinski definition) is 11. The third-order valence-corrected chi connectivity index (χ3v) is 8.18. The first-order valence-corrected chi connectivity index (χ1v) is 14.0. The van der Waals surface area contributed by atoms with E-state index in [1.165, 1.54) is 17.5 Å². The molecule has 4 heterocycles. The SMILES string of the molecule is Cc1nc2ccc(-n3c([C@@H]4O[C@H](CO)[C@H](O)[C@H](n5cc(-c6cc(F)c(F)c(F)c6)nn5)[C@H]4O)nnc3C(C)(C)N)cc2s1. The largest absolute Gasteiger partial charge is 0.394 e. The molecule has 0 aliphatic carbocycles. The number of nitrogens with two attached hydrogens (primary N) is 1. The lowest BCUT2D eigenvalue weighted by atomic mass is 9.92. The second-order valence-electron chi connectivity index (χ2n) is 10.9. The predicted molar refractivity (Wildman–Crippen MR) is 148 cm³/mol. The van der Waals surface area contributed by atoms with E-state index in [2.05, 4.69) is 25.5 Å². The number of thiazole rings is 1. The van der Waals surface area contributed by atoms with Crippen LogP contribution in [0.3, 0.4) is 0 Å². The van der Waals surface area contributed by atoms with Crippen LogP contribution in [0.2, 0.25) is 0 Å². The Kier molecular flexibility index (Phi) is 7.30. The Bertz CT molecular complexity index is 1800. The zero-order chi connectivity index (χ0) is 30.8. The lowest BCUT2D eigenvalue weighted by Gasteiger charge is -2.41. The van der Waals surface area contributed by atoms with Crippen molar-refractivity contribution in [3.05, 3.63) is 70.6 Å². The van der Waals surface area contributed by atoms with Gasteiger partial charge in [0.25, 0.3) is 0 Å². The smallest absolute Gasteiger partial charge is 0.194 e. The average molecular weight is 617 g/mol. The van der Waals surface area contributed by atoms with Gasteiger partial charge in [0.1, 0.15) is 36.2 Å². The van der Waals surface area contributed by atoms with E-state index in [0.29, 0.717) is 11.5 Å². The fourth-order valence-corrected chi connectivity index (χ4v) is 6.07. The van der Waals surface area contributed by atoms with Crippen molar-refractivity contribution >= 4 is 21.6 Å². The molecule has 0 spiro atoms. The molecule has 0 bridgehead atoms. The molecule has 226 valence electrons. The highest BCUT2D eigenvalue weighted by atomic mass is 32.1. The van der Waals surface area contributed by atoms with E-state index >= 15 is 0 Å². The van der Waals surface area contributed by atoms with E-state index < -0.39 is 60.1 Å². The van der Waals surface area contributed by atoms with Gasteiger partial charge in [-0.3, -0.25) is 4.57 Å². The summed E-state index contributed by atoms with van der Waals surface area (Å²) in [6.07, 6.45) is -4.27. The number of aliphatic hydroxyl groups excluding tert-OH is 3. The van der Waals surface area contributed by atoms with Crippen molar-refractivity contribution in [2.75, 3.05) is 6.61 Å². The van der Waals surface area contributed by atoms with Gasteiger partial charge in [-0.25, -0.2) is 22.8 Å². The van der Waals surface area contributed by atoms with Crippen LogP contribution < -0.4 is 5.73 Å². The summed E-state index contributed by atoms with van der Waals surface area (Å²) in [5.41, 5.74) is 6.72. The van der Waals surface area contributed by atoms with Crippen molar-refractivity contribution in [3.63, 3.8) is 0 Å². The first-order valence-electron chi connectivity index (χ1n) is 13.2. The lowest BCUT2D eigenvalue weighted by molar-refractivity contribution is -0.210. The van der Waals surface area contributed by atoms with Gasteiger partial charge in [-0.1, -0.05) is 5.21 Å². The van der Waals surface area contributed by atoms with E-state index in [-0.39, 0.29) is 17.1 Å². The Hall–Kier alpha value is -3.80. The van der Waals surface area contributed by atoms with Gasteiger partial charge in [0.05, 0.1) is 39.3 Å². The number of aliphatic hydroxyl groups is 3. The number of ether oxygens (including phenoxy) is 1. The van der Waals surface area contributed by atoms with Crippen LogP contribution in [0, 0.1) is 24.4 Å². The summed E-state index contributed by atoms with van der Waals surface area (Å²) >= 11 is 1.49. The Labute approximate surface area is 246 Å². The van der Waals surface area contributed by atoms with Crippen LogP contribution in [0.4, 0.5) is 13.2 Å². The fourth-order valence-electron chi connectivity index (χ4n) is 5.21. The van der Waals surface area contributed by atoms with Crippen LogP contribution in [0.15, 0.2) is 36.5 Å². The van der Waals surface area contributed by atoms with Gasteiger partial charge in [-0.2, -0.15) is 0 Å². The van der Waals surface area contributed by atoms with Crippen molar-refractivity contribution in [3.8, 4) is 16.9 Å². The number of rotatable bonds is 6. The normalized spacial score (nSPS) is 22.9. The summed E-state index contributed by atoms with van der Waals surface area (Å²) in [6.45, 7) is 4.75. The third-order valence-electron chi connectivity index (χ3n) is 7.24. The molecule has 5 N–H and O–H groups in total. The van der Waals surface area contributed by atoms with Crippen LogP contribution in [-0.2, 0) is 10.3 Å². The molecule has 3 aromatic heterocycles. The number of nitrogens with zero attached hydrogens (tertiary/aromatic N) is 7. The Morgan fingerprint density at radius 3 is 2.44 bits per heavy atom. The van der Waals surface area contributed by atoms with Gasteiger partial charge in [0.2, 0.25) is 0 Å². The highest BCUT2D eigenvalue weighted by Crippen LogP contribution is 2.40. The average Bonchev–Trinajstić information content (AvgIpc) is 3.69. The zero-order valence-corrected chi connectivity index (χ0v) is 23.9. The maximum Gasteiger partial charge on any atom is 0.194 e. The van der Waals surface area contributed by atoms with Crippen molar-refractivity contribution in [2.45, 2.75) is 56.8 Å². The molecule has 1 aliphatic rings. The number of aromatic nitrogens is 7. The lowest BCUT2D eigenvalue weighted by Crippen LogP contribution is -2.53. The molecule has 1 fully saturated rings. The van der Waals surface area contributed by atoms with Gasteiger partial charge >= 0.3 is 0 Å². The quantitative estimate of drug-likeness (QED) is 0.208. The van der Waals surface area contributed by atoms with E-state index in [4.69, 9.17) is 10.5 Å². The topological polar surface area (TPSA) is 170 Å². The van der Waals surface area contributed by atoms with E-state index in [1.54, 1.807) is 24.5 Å². The maximum absolute atomic E-state index is 13.9.